The minimum Gasteiger partial charge on any atom is -0.458 e. The third kappa shape index (κ3) is 7.05. The Morgan fingerprint density at radius 2 is 1.17 bits per heavy atom. The predicted octanol–water partition coefficient (Wildman–Crippen LogP) is 4.93. The van der Waals surface area contributed by atoms with Crippen molar-refractivity contribution < 1.29 is 28.6 Å². The maximum atomic E-state index is 13.1. The lowest BCUT2D eigenvalue weighted by Crippen LogP contribution is -2.41. The Morgan fingerprint density at radius 1 is 0.690 bits per heavy atom. The van der Waals surface area contributed by atoms with Gasteiger partial charge in [0.25, 0.3) is 0 Å². The van der Waals surface area contributed by atoms with Crippen LogP contribution in [-0.4, -0.2) is 48.1 Å². The number of hydrazone groups is 2. The standard InChI is InChI=1S/C32H26N4O6/c37-30(22-13-5-1-6-14-22)40-21-26(41-31(38)23-15-7-2-8-16-23)29-27(35-33-24-17-9-3-10-18-24)28(32(39)42-29)36-34-25-19-11-4-12-20-25/h1-20,26,29,33-34H,21H2. The number of esters is 3. The number of carbonyl (C=O) groups is 3. The molecule has 0 saturated carbocycles. The van der Waals surface area contributed by atoms with E-state index in [0.717, 1.165) is 0 Å². The van der Waals surface area contributed by atoms with E-state index >= 15 is 0 Å². The van der Waals surface area contributed by atoms with E-state index in [-0.39, 0.29) is 17.0 Å². The zero-order chi connectivity index (χ0) is 29.1. The van der Waals surface area contributed by atoms with E-state index in [2.05, 4.69) is 21.1 Å². The average molecular weight is 563 g/mol. The van der Waals surface area contributed by atoms with E-state index in [4.69, 9.17) is 14.2 Å². The van der Waals surface area contributed by atoms with Crippen LogP contribution in [0.5, 0.6) is 0 Å². The van der Waals surface area contributed by atoms with Gasteiger partial charge in [0.1, 0.15) is 12.3 Å². The van der Waals surface area contributed by atoms with Crippen molar-refractivity contribution in [2.24, 2.45) is 10.2 Å². The molecule has 4 aromatic carbocycles. The van der Waals surface area contributed by atoms with Gasteiger partial charge in [-0.1, -0.05) is 72.8 Å². The van der Waals surface area contributed by atoms with Crippen molar-refractivity contribution in [3.8, 4) is 0 Å². The molecule has 0 radical (unpaired) electrons. The number of para-hydroxylation sites is 2. The van der Waals surface area contributed by atoms with Gasteiger partial charge in [-0.3, -0.25) is 10.9 Å². The summed E-state index contributed by atoms with van der Waals surface area (Å²) >= 11 is 0. The molecule has 1 saturated heterocycles. The highest BCUT2D eigenvalue weighted by Crippen LogP contribution is 2.21. The number of carbonyl (C=O) groups excluding carboxylic acids is 3. The minimum atomic E-state index is -1.25. The fraction of sp³-hybridized carbons (Fsp3) is 0.0938. The second-order valence-electron chi connectivity index (χ2n) is 9.01. The van der Waals surface area contributed by atoms with Crippen molar-refractivity contribution in [1.82, 2.24) is 0 Å². The van der Waals surface area contributed by atoms with Gasteiger partial charge in [-0.25, -0.2) is 14.4 Å². The molecule has 1 heterocycles. The highest BCUT2D eigenvalue weighted by molar-refractivity contribution is 6.69. The van der Waals surface area contributed by atoms with Gasteiger partial charge in [-0.2, -0.15) is 10.2 Å². The Balaban J connectivity index is 1.46. The summed E-state index contributed by atoms with van der Waals surface area (Å²) in [6.07, 6.45) is -2.50. The molecule has 0 bridgehead atoms. The van der Waals surface area contributed by atoms with E-state index in [1.165, 1.54) is 0 Å². The highest BCUT2D eigenvalue weighted by atomic mass is 16.6. The fourth-order valence-electron chi connectivity index (χ4n) is 3.99. The van der Waals surface area contributed by atoms with Crippen LogP contribution in [0.1, 0.15) is 20.7 Å². The summed E-state index contributed by atoms with van der Waals surface area (Å²) in [5, 5.41) is 8.68. The van der Waals surface area contributed by atoms with Crippen molar-refractivity contribution >= 4 is 40.7 Å². The molecular weight excluding hydrogens is 536 g/mol. The molecule has 2 N–H and O–H groups in total. The number of anilines is 2. The Morgan fingerprint density at radius 3 is 1.71 bits per heavy atom. The minimum absolute atomic E-state index is 0.0499. The molecular formula is C32H26N4O6. The van der Waals surface area contributed by atoms with Crippen LogP contribution in [-0.2, 0) is 19.0 Å². The lowest BCUT2D eigenvalue weighted by atomic mass is 10.1. The normalized spacial score (nSPS) is 16.9. The van der Waals surface area contributed by atoms with Gasteiger partial charge >= 0.3 is 17.9 Å². The first kappa shape index (κ1) is 27.8. The smallest absolute Gasteiger partial charge is 0.361 e. The monoisotopic (exact) mass is 562 g/mol. The summed E-state index contributed by atoms with van der Waals surface area (Å²) in [6, 6.07) is 34.7. The van der Waals surface area contributed by atoms with Crippen LogP contribution < -0.4 is 10.9 Å². The largest absolute Gasteiger partial charge is 0.458 e. The maximum absolute atomic E-state index is 13.1. The predicted molar refractivity (Wildman–Crippen MR) is 157 cm³/mol. The van der Waals surface area contributed by atoms with Crippen LogP contribution in [0, 0.1) is 0 Å². The Labute approximate surface area is 241 Å². The second kappa shape index (κ2) is 13.5. The van der Waals surface area contributed by atoms with E-state index in [1.54, 1.807) is 84.9 Å². The lowest BCUT2D eigenvalue weighted by Gasteiger charge is -2.22. The molecule has 10 heteroatoms. The van der Waals surface area contributed by atoms with Crippen molar-refractivity contribution in [3.05, 3.63) is 132 Å². The zero-order valence-electron chi connectivity index (χ0n) is 22.3. The van der Waals surface area contributed by atoms with Crippen LogP contribution >= 0.6 is 0 Å². The van der Waals surface area contributed by atoms with Gasteiger partial charge in [-0.05, 0) is 48.5 Å². The van der Waals surface area contributed by atoms with Gasteiger partial charge < -0.3 is 14.2 Å². The Bertz CT molecular complexity index is 1580. The molecule has 1 aliphatic rings. The average Bonchev–Trinajstić information content (AvgIpc) is 3.36. The van der Waals surface area contributed by atoms with Crippen molar-refractivity contribution in [3.63, 3.8) is 0 Å². The van der Waals surface area contributed by atoms with Crippen LogP contribution in [0.2, 0.25) is 0 Å². The second-order valence-corrected chi connectivity index (χ2v) is 9.01. The summed E-state index contributed by atoms with van der Waals surface area (Å²) in [4.78, 5) is 38.9. The van der Waals surface area contributed by atoms with Gasteiger partial charge in [0.15, 0.2) is 17.9 Å². The number of nitrogens with one attached hydrogen (secondary N) is 2. The molecule has 4 aromatic rings. The summed E-state index contributed by atoms with van der Waals surface area (Å²) in [7, 11) is 0. The van der Waals surface area contributed by atoms with Crippen molar-refractivity contribution in [2.75, 3.05) is 17.5 Å². The van der Waals surface area contributed by atoms with E-state index in [1.807, 2.05) is 36.4 Å². The number of cyclic esters (lactones) is 1. The molecule has 0 amide bonds. The molecule has 5 rings (SSSR count). The fourth-order valence-corrected chi connectivity index (χ4v) is 3.99. The Kier molecular flexibility index (Phi) is 8.95. The van der Waals surface area contributed by atoms with Crippen LogP contribution in [0.15, 0.2) is 132 Å². The molecule has 42 heavy (non-hydrogen) atoms. The summed E-state index contributed by atoms with van der Waals surface area (Å²) < 4.78 is 16.9. The first-order valence-electron chi connectivity index (χ1n) is 13.1. The van der Waals surface area contributed by atoms with Crippen LogP contribution in [0.4, 0.5) is 11.4 Å². The molecule has 10 nitrogen and oxygen atoms in total. The highest BCUT2D eigenvalue weighted by Gasteiger charge is 2.46. The number of hydrogen-bond donors (Lipinski definition) is 2. The van der Waals surface area contributed by atoms with Gasteiger partial charge in [-0.15, -0.1) is 0 Å². The molecule has 1 fully saturated rings. The van der Waals surface area contributed by atoms with Crippen LogP contribution in [0.3, 0.4) is 0 Å². The molecule has 210 valence electrons. The zero-order valence-corrected chi connectivity index (χ0v) is 22.3. The lowest BCUT2D eigenvalue weighted by molar-refractivity contribution is -0.140. The maximum Gasteiger partial charge on any atom is 0.361 e. The first-order valence-corrected chi connectivity index (χ1v) is 13.1. The van der Waals surface area contributed by atoms with E-state index < -0.39 is 36.7 Å². The molecule has 2 unspecified atom stereocenters. The first-order chi connectivity index (χ1) is 20.6. The number of hydrogen-bond acceptors (Lipinski definition) is 10. The van der Waals surface area contributed by atoms with Gasteiger partial charge in [0.2, 0.25) is 0 Å². The summed E-state index contributed by atoms with van der Waals surface area (Å²) in [6.45, 7) is -0.423. The van der Waals surface area contributed by atoms with Crippen molar-refractivity contribution in [2.45, 2.75) is 12.2 Å². The van der Waals surface area contributed by atoms with Crippen molar-refractivity contribution in [1.29, 1.82) is 0 Å². The molecule has 0 aromatic heterocycles. The molecule has 2 atom stereocenters. The van der Waals surface area contributed by atoms with E-state index in [0.29, 0.717) is 16.9 Å². The Hall–Kier alpha value is -5.77. The SMILES string of the molecule is O=C1OC(C(COC(=O)c2ccccc2)OC(=O)c2ccccc2)C(=NNc2ccccc2)C1=NNc1ccccc1. The summed E-state index contributed by atoms with van der Waals surface area (Å²) in [5.74, 6) is -2.14. The summed E-state index contributed by atoms with van der Waals surface area (Å²) in [5.41, 5.74) is 7.47. The van der Waals surface area contributed by atoms with Gasteiger partial charge in [0, 0.05) is 0 Å². The number of rotatable bonds is 10. The molecule has 1 aliphatic heterocycles. The number of ether oxygens (including phenoxy) is 3. The third-order valence-corrected chi connectivity index (χ3v) is 6.08. The quantitative estimate of drug-likeness (QED) is 0.158. The van der Waals surface area contributed by atoms with Gasteiger partial charge in [0.05, 0.1) is 22.5 Å². The topological polar surface area (TPSA) is 128 Å². The van der Waals surface area contributed by atoms with Crippen LogP contribution in [0.25, 0.3) is 0 Å². The number of nitrogens with zero attached hydrogens (tertiary/aromatic N) is 2. The third-order valence-electron chi connectivity index (χ3n) is 6.08. The van der Waals surface area contributed by atoms with E-state index in [9.17, 15) is 14.4 Å². The molecule has 0 spiro atoms. The number of benzene rings is 4. The molecule has 0 aliphatic carbocycles.